The zero-order valence-corrected chi connectivity index (χ0v) is 11.1. The van der Waals surface area contributed by atoms with Crippen molar-refractivity contribution in [1.29, 1.82) is 0 Å². The van der Waals surface area contributed by atoms with Crippen molar-refractivity contribution < 1.29 is 9.84 Å². The van der Waals surface area contributed by atoms with Gasteiger partial charge in [-0.1, -0.05) is 0 Å². The second-order valence-corrected chi connectivity index (χ2v) is 5.96. The number of hydrogen-bond acceptors (Lipinski definition) is 3. The molecule has 1 aliphatic rings. The highest BCUT2D eigenvalue weighted by Gasteiger charge is 2.38. The molecule has 0 radical (unpaired) electrons. The average Bonchev–Trinajstić information content (AvgIpc) is 2.64. The Labute approximate surface area is 102 Å². The quantitative estimate of drug-likeness (QED) is 0.903. The van der Waals surface area contributed by atoms with E-state index >= 15 is 0 Å². The Morgan fingerprint density at radius 3 is 2.93 bits per heavy atom. The third-order valence-corrected chi connectivity index (χ3v) is 4.89. The summed E-state index contributed by atoms with van der Waals surface area (Å²) in [5, 5.41) is 12.3. The first-order valence-electron chi connectivity index (χ1n) is 5.18. The summed E-state index contributed by atoms with van der Waals surface area (Å²) in [6.07, 6.45) is 2.65. The molecule has 15 heavy (non-hydrogen) atoms. The van der Waals surface area contributed by atoms with Crippen molar-refractivity contribution in [2.75, 3.05) is 6.61 Å². The third-order valence-electron chi connectivity index (χ3n) is 2.97. The van der Waals surface area contributed by atoms with Gasteiger partial charge in [0.2, 0.25) is 0 Å². The Bertz CT molecular complexity index is 331. The smallest absolute Gasteiger partial charge is 0.118 e. The van der Waals surface area contributed by atoms with Gasteiger partial charge in [-0.15, -0.1) is 11.3 Å². The molecular weight excluding hydrogens is 276 g/mol. The standard InChI is InChI=1S/C11H15BrO2S/c1-11(5-2-3-6-14-11)10(13)9-8(12)4-7-15-9/h4,7,10,13H,2-3,5-6H2,1H3. The predicted octanol–water partition coefficient (Wildman–Crippen LogP) is 3.50. The van der Waals surface area contributed by atoms with E-state index in [1.54, 1.807) is 11.3 Å². The fourth-order valence-corrected chi connectivity index (χ4v) is 3.66. The lowest BCUT2D eigenvalue weighted by Crippen LogP contribution is -2.39. The molecular formula is C11H15BrO2S. The predicted molar refractivity (Wildman–Crippen MR) is 65.2 cm³/mol. The van der Waals surface area contributed by atoms with Crippen LogP contribution in [0.4, 0.5) is 0 Å². The summed E-state index contributed by atoms with van der Waals surface area (Å²) in [6, 6.07) is 1.97. The Kier molecular flexibility index (Phi) is 3.50. The number of hydrogen-bond donors (Lipinski definition) is 1. The molecule has 1 aromatic rings. The Hall–Kier alpha value is 0.1000. The fourth-order valence-electron chi connectivity index (χ4n) is 1.95. The molecule has 1 saturated heterocycles. The van der Waals surface area contributed by atoms with Gasteiger partial charge in [0.25, 0.3) is 0 Å². The SMILES string of the molecule is CC1(C(O)c2sccc2Br)CCCCO1. The van der Waals surface area contributed by atoms with Gasteiger partial charge in [-0.05, 0) is 53.6 Å². The maximum absolute atomic E-state index is 10.3. The van der Waals surface area contributed by atoms with Crippen LogP contribution in [0.2, 0.25) is 0 Å². The molecule has 2 nitrogen and oxygen atoms in total. The summed E-state index contributed by atoms with van der Waals surface area (Å²) in [7, 11) is 0. The lowest BCUT2D eigenvalue weighted by molar-refractivity contribution is -0.137. The minimum Gasteiger partial charge on any atom is -0.385 e. The van der Waals surface area contributed by atoms with E-state index in [0.29, 0.717) is 0 Å². The zero-order valence-electron chi connectivity index (χ0n) is 8.70. The topological polar surface area (TPSA) is 29.5 Å². The average molecular weight is 291 g/mol. The van der Waals surface area contributed by atoms with Gasteiger partial charge in [0.05, 0.1) is 10.5 Å². The molecule has 2 heterocycles. The van der Waals surface area contributed by atoms with Crippen molar-refractivity contribution in [2.45, 2.75) is 37.9 Å². The normalized spacial score (nSPS) is 29.0. The number of ether oxygens (including phenoxy) is 1. The molecule has 0 aromatic carbocycles. The monoisotopic (exact) mass is 290 g/mol. The zero-order chi connectivity index (χ0) is 10.9. The van der Waals surface area contributed by atoms with Gasteiger partial charge in [0, 0.05) is 11.1 Å². The van der Waals surface area contributed by atoms with Crippen molar-refractivity contribution in [1.82, 2.24) is 0 Å². The first-order valence-corrected chi connectivity index (χ1v) is 6.86. The maximum Gasteiger partial charge on any atom is 0.118 e. The van der Waals surface area contributed by atoms with Gasteiger partial charge in [-0.2, -0.15) is 0 Å². The summed E-state index contributed by atoms with van der Waals surface area (Å²) in [4.78, 5) is 0.972. The number of halogens is 1. The summed E-state index contributed by atoms with van der Waals surface area (Å²) in [5.74, 6) is 0. The van der Waals surface area contributed by atoms with E-state index in [1.165, 1.54) is 0 Å². The van der Waals surface area contributed by atoms with Crippen LogP contribution in [0.1, 0.15) is 37.2 Å². The third kappa shape index (κ3) is 2.28. The van der Waals surface area contributed by atoms with E-state index in [9.17, 15) is 5.11 Å². The van der Waals surface area contributed by atoms with E-state index in [1.807, 2.05) is 18.4 Å². The van der Waals surface area contributed by atoms with Crippen LogP contribution in [-0.4, -0.2) is 17.3 Å². The summed E-state index contributed by atoms with van der Waals surface area (Å²) in [6.45, 7) is 2.76. The minimum atomic E-state index is -0.521. The van der Waals surface area contributed by atoms with Crippen molar-refractivity contribution in [3.63, 3.8) is 0 Å². The number of aliphatic hydroxyl groups is 1. The Morgan fingerprint density at radius 2 is 2.40 bits per heavy atom. The summed E-state index contributed by atoms with van der Waals surface area (Å²) < 4.78 is 6.72. The van der Waals surface area contributed by atoms with Gasteiger partial charge in [-0.3, -0.25) is 0 Å². The van der Waals surface area contributed by atoms with Gasteiger partial charge in [0.15, 0.2) is 0 Å². The van der Waals surface area contributed by atoms with Gasteiger partial charge in [-0.25, -0.2) is 0 Å². The fraction of sp³-hybridized carbons (Fsp3) is 0.636. The van der Waals surface area contributed by atoms with E-state index < -0.39 is 11.7 Å². The molecule has 0 spiro atoms. The second kappa shape index (κ2) is 4.53. The molecule has 1 aliphatic heterocycles. The van der Waals surface area contributed by atoms with Crippen molar-refractivity contribution in [2.24, 2.45) is 0 Å². The summed E-state index contributed by atoms with van der Waals surface area (Å²) >= 11 is 5.03. The van der Waals surface area contributed by atoms with Crippen LogP contribution >= 0.6 is 27.3 Å². The number of aliphatic hydroxyl groups excluding tert-OH is 1. The molecule has 2 rings (SSSR count). The van der Waals surface area contributed by atoms with Crippen molar-refractivity contribution in [3.05, 3.63) is 20.8 Å². The molecule has 0 saturated carbocycles. The van der Waals surface area contributed by atoms with Crippen molar-refractivity contribution >= 4 is 27.3 Å². The number of rotatable bonds is 2. The van der Waals surface area contributed by atoms with Crippen LogP contribution in [-0.2, 0) is 4.74 Å². The molecule has 0 amide bonds. The second-order valence-electron chi connectivity index (χ2n) is 4.15. The van der Waals surface area contributed by atoms with E-state index in [4.69, 9.17) is 4.74 Å². The van der Waals surface area contributed by atoms with Crippen LogP contribution < -0.4 is 0 Å². The molecule has 84 valence electrons. The first kappa shape index (κ1) is 11.6. The molecule has 1 N–H and O–H groups in total. The Balaban J connectivity index is 2.19. The minimum absolute atomic E-state index is 0.411. The Morgan fingerprint density at radius 1 is 1.60 bits per heavy atom. The van der Waals surface area contributed by atoms with Gasteiger partial charge >= 0.3 is 0 Å². The molecule has 0 bridgehead atoms. The molecule has 1 fully saturated rings. The largest absolute Gasteiger partial charge is 0.385 e. The van der Waals surface area contributed by atoms with Crippen LogP contribution in [0.15, 0.2) is 15.9 Å². The highest BCUT2D eigenvalue weighted by atomic mass is 79.9. The van der Waals surface area contributed by atoms with Crippen LogP contribution in [0.5, 0.6) is 0 Å². The van der Waals surface area contributed by atoms with Crippen LogP contribution in [0.25, 0.3) is 0 Å². The molecule has 0 aliphatic carbocycles. The van der Waals surface area contributed by atoms with E-state index in [2.05, 4.69) is 15.9 Å². The molecule has 1 aromatic heterocycles. The molecule has 2 atom stereocenters. The van der Waals surface area contributed by atoms with Gasteiger partial charge < -0.3 is 9.84 Å². The van der Waals surface area contributed by atoms with Gasteiger partial charge in [0.1, 0.15) is 6.10 Å². The first-order chi connectivity index (χ1) is 7.13. The summed E-state index contributed by atoms with van der Waals surface area (Å²) in [5.41, 5.74) is -0.411. The highest BCUT2D eigenvalue weighted by Crippen LogP contribution is 2.41. The highest BCUT2D eigenvalue weighted by molar-refractivity contribution is 9.10. The lowest BCUT2D eigenvalue weighted by atomic mass is 9.89. The molecule has 4 heteroatoms. The van der Waals surface area contributed by atoms with Crippen LogP contribution in [0, 0.1) is 0 Å². The van der Waals surface area contributed by atoms with Crippen LogP contribution in [0.3, 0.4) is 0 Å². The van der Waals surface area contributed by atoms with E-state index in [0.717, 1.165) is 35.2 Å². The lowest BCUT2D eigenvalue weighted by Gasteiger charge is -2.37. The number of thiophene rings is 1. The van der Waals surface area contributed by atoms with Crippen molar-refractivity contribution in [3.8, 4) is 0 Å². The van der Waals surface area contributed by atoms with E-state index in [-0.39, 0.29) is 0 Å². The maximum atomic E-state index is 10.3. The molecule has 2 unspecified atom stereocenters.